The van der Waals surface area contributed by atoms with Gasteiger partial charge in [-0.2, -0.15) is 0 Å². The zero-order valence-electron chi connectivity index (χ0n) is 15.3. The molecular weight excluding hydrogens is 504 g/mol. The van der Waals surface area contributed by atoms with E-state index in [0.29, 0.717) is 36.2 Å². The van der Waals surface area contributed by atoms with Gasteiger partial charge in [0.2, 0.25) is 0 Å². The average Bonchev–Trinajstić information content (AvgIpc) is 2.66. The van der Waals surface area contributed by atoms with Crippen LogP contribution in [-0.2, 0) is 0 Å². The van der Waals surface area contributed by atoms with Gasteiger partial charge in [0.15, 0.2) is 5.11 Å². The van der Waals surface area contributed by atoms with E-state index in [-0.39, 0.29) is 5.11 Å². The van der Waals surface area contributed by atoms with Crippen molar-refractivity contribution in [2.24, 2.45) is 0 Å². The van der Waals surface area contributed by atoms with Crippen LogP contribution in [-0.4, -0.2) is 16.0 Å². The summed E-state index contributed by atoms with van der Waals surface area (Å²) in [6.45, 7) is 1.90. The van der Waals surface area contributed by atoms with Gasteiger partial charge in [0.25, 0.3) is 5.91 Å². The number of pyridine rings is 1. The fourth-order valence-corrected chi connectivity index (χ4v) is 4.63. The Morgan fingerprint density at radius 2 is 1.70 bits per heavy atom. The first-order valence-corrected chi connectivity index (χ1v) is 11.1. The van der Waals surface area contributed by atoms with E-state index >= 15 is 0 Å². The van der Waals surface area contributed by atoms with Crippen molar-refractivity contribution in [2.75, 3.05) is 5.32 Å². The highest BCUT2D eigenvalue weighted by Gasteiger charge is 2.15. The summed E-state index contributed by atoms with van der Waals surface area (Å²) in [6, 6.07) is 11.8. The number of hydrogen-bond acceptors (Lipinski definition) is 4. The van der Waals surface area contributed by atoms with Crippen LogP contribution in [0.3, 0.4) is 0 Å². The van der Waals surface area contributed by atoms with Crippen molar-refractivity contribution in [3.05, 3.63) is 79.9 Å². The molecule has 0 atom stereocenters. The lowest BCUT2D eigenvalue weighted by Crippen LogP contribution is -2.34. The molecule has 0 spiro atoms. The monoisotopic (exact) mass is 515 g/mol. The van der Waals surface area contributed by atoms with Crippen molar-refractivity contribution < 1.29 is 4.79 Å². The molecule has 0 aliphatic carbocycles. The van der Waals surface area contributed by atoms with Crippen molar-refractivity contribution in [3.63, 3.8) is 0 Å². The van der Waals surface area contributed by atoms with Crippen LogP contribution >= 0.6 is 70.4 Å². The van der Waals surface area contributed by atoms with Gasteiger partial charge in [-0.25, -0.2) is 4.98 Å². The van der Waals surface area contributed by atoms with E-state index in [1.807, 2.05) is 13.0 Å². The minimum Gasteiger partial charge on any atom is -0.332 e. The van der Waals surface area contributed by atoms with Crippen molar-refractivity contribution in [3.8, 4) is 0 Å². The average molecular weight is 517 g/mol. The molecule has 0 aliphatic heterocycles. The number of carbonyl (C=O) groups excluding carboxylic acids is 1. The topological polar surface area (TPSA) is 54.0 Å². The molecule has 154 valence electrons. The fourth-order valence-electron chi connectivity index (χ4n) is 2.44. The zero-order valence-corrected chi connectivity index (χ0v) is 20.0. The smallest absolute Gasteiger partial charge is 0.258 e. The minimum absolute atomic E-state index is 0.0858. The van der Waals surface area contributed by atoms with Crippen LogP contribution in [0.15, 0.2) is 58.6 Å². The van der Waals surface area contributed by atoms with Gasteiger partial charge in [0, 0.05) is 11.9 Å². The molecule has 0 saturated carbocycles. The maximum absolute atomic E-state index is 12.3. The zero-order chi connectivity index (χ0) is 21.8. The lowest BCUT2D eigenvalue weighted by molar-refractivity contribution is 0.0978. The van der Waals surface area contributed by atoms with Crippen LogP contribution in [0.4, 0.5) is 5.69 Å². The maximum Gasteiger partial charge on any atom is 0.258 e. The second-order valence-electron chi connectivity index (χ2n) is 6.03. The first-order chi connectivity index (χ1) is 14.2. The summed E-state index contributed by atoms with van der Waals surface area (Å²) in [5.41, 5.74) is 1.75. The Bertz CT molecular complexity index is 1120. The summed E-state index contributed by atoms with van der Waals surface area (Å²) in [5, 5.41) is 8.01. The molecule has 30 heavy (non-hydrogen) atoms. The molecule has 0 unspecified atom stereocenters. The highest BCUT2D eigenvalue weighted by Crippen LogP contribution is 2.41. The first-order valence-electron chi connectivity index (χ1n) is 8.40. The van der Waals surface area contributed by atoms with Crippen LogP contribution in [0.2, 0.25) is 20.1 Å². The van der Waals surface area contributed by atoms with Gasteiger partial charge in [-0.15, -0.1) is 0 Å². The minimum atomic E-state index is -0.424. The van der Waals surface area contributed by atoms with Gasteiger partial charge in [0.05, 0.1) is 30.5 Å². The molecule has 1 heterocycles. The number of nitrogens with one attached hydrogen (secondary N) is 2. The van der Waals surface area contributed by atoms with Crippen molar-refractivity contribution in [1.29, 1.82) is 0 Å². The lowest BCUT2D eigenvalue weighted by Gasteiger charge is -2.13. The van der Waals surface area contributed by atoms with Crippen LogP contribution in [0.25, 0.3) is 0 Å². The number of amides is 1. The summed E-state index contributed by atoms with van der Waals surface area (Å²) in [7, 11) is 0. The SMILES string of the molecule is Cc1cc(Cl)cnc1Sc1c(Cl)cc(NC(=S)NC(=O)c2ccccc2Cl)cc1Cl. The Hall–Kier alpha value is -1.54. The van der Waals surface area contributed by atoms with E-state index in [4.69, 9.17) is 58.6 Å². The molecule has 0 bridgehead atoms. The van der Waals surface area contributed by atoms with E-state index in [1.54, 1.807) is 42.6 Å². The standard InChI is InChI=1S/C20H13Cl4N3OS2/c1-10-6-11(21)9-25-19(10)30-17-15(23)7-12(8-16(17)24)26-20(29)27-18(28)13-4-2-3-5-14(13)22/h2-9H,1H3,(H2,26,27,28,29). The van der Waals surface area contributed by atoms with Gasteiger partial charge < -0.3 is 5.32 Å². The lowest BCUT2D eigenvalue weighted by atomic mass is 10.2. The van der Waals surface area contributed by atoms with Crippen molar-refractivity contribution >= 4 is 87.1 Å². The van der Waals surface area contributed by atoms with E-state index in [0.717, 1.165) is 10.6 Å². The predicted octanol–water partition coefficient (Wildman–Crippen LogP) is 7.28. The molecule has 0 saturated heterocycles. The molecule has 0 aliphatic rings. The summed E-state index contributed by atoms with van der Waals surface area (Å²) >= 11 is 31.4. The van der Waals surface area contributed by atoms with E-state index in [9.17, 15) is 4.79 Å². The Morgan fingerprint density at radius 3 is 2.33 bits per heavy atom. The van der Waals surface area contributed by atoms with Crippen LogP contribution < -0.4 is 10.6 Å². The number of aromatic nitrogens is 1. The van der Waals surface area contributed by atoms with Crippen LogP contribution in [0.1, 0.15) is 15.9 Å². The molecule has 2 aromatic carbocycles. The molecule has 3 aromatic rings. The first kappa shape index (κ1) is 23.1. The number of nitrogens with zero attached hydrogens (tertiary/aromatic N) is 1. The Balaban J connectivity index is 1.72. The summed E-state index contributed by atoms with van der Waals surface area (Å²) < 4.78 is 0. The largest absolute Gasteiger partial charge is 0.332 e. The third-order valence-corrected chi connectivity index (χ3v) is 6.62. The number of aryl methyl sites for hydroxylation is 1. The van der Waals surface area contributed by atoms with E-state index in [1.165, 1.54) is 11.8 Å². The number of halogens is 4. The highest BCUT2D eigenvalue weighted by molar-refractivity contribution is 7.99. The number of anilines is 1. The van der Waals surface area contributed by atoms with E-state index in [2.05, 4.69) is 15.6 Å². The highest BCUT2D eigenvalue weighted by atomic mass is 35.5. The van der Waals surface area contributed by atoms with Gasteiger partial charge in [-0.3, -0.25) is 10.1 Å². The Labute approximate surface area is 203 Å². The fraction of sp³-hybridized carbons (Fsp3) is 0.0500. The molecule has 10 heteroatoms. The number of benzene rings is 2. The van der Waals surface area contributed by atoms with Gasteiger partial charge in [-0.1, -0.05) is 70.3 Å². The second kappa shape index (κ2) is 10.2. The number of carbonyl (C=O) groups is 1. The molecule has 1 aromatic heterocycles. The summed E-state index contributed by atoms with van der Waals surface area (Å²) in [4.78, 5) is 17.3. The van der Waals surface area contributed by atoms with Crippen LogP contribution in [0, 0.1) is 6.92 Å². The number of thiocarbonyl (C=S) groups is 1. The molecule has 1 amide bonds. The molecule has 2 N–H and O–H groups in total. The van der Waals surface area contributed by atoms with Crippen molar-refractivity contribution in [1.82, 2.24) is 10.3 Å². The second-order valence-corrected chi connectivity index (χ2v) is 9.10. The summed E-state index contributed by atoms with van der Waals surface area (Å²) in [6.07, 6.45) is 1.56. The third-order valence-electron chi connectivity index (χ3n) is 3.80. The van der Waals surface area contributed by atoms with E-state index < -0.39 is 5.91 Å². The molecule has 0 fully saturated rings. The normalized spacial score (nSPS) is 10.6. The molecular formula is C20H13Cl4N3OS2. The van der Waals surface area contributed by atoms with Crippen molar-refractivity contribution in [2.45, 2.75) is 16.8 Å². The van der Waals surface area contributed by atoms with Crippen LogP contribution in [0.5, 0.6) is 0 Å². The molecule has 3 rings (SSSR count). The summed E-state index contributed by atoms with van der Waals surface area (Å²) in [5.74, 6) is -0.424. The third kappa shape index (κ3) is 5.78. The van der Waals surface area contributed by atoms with Gasteiger partial charge >= 0.3 is 0 Å². The quantitative estimate of drug-likeness (QED) is 0.357. The van der Waals surface area contributed by atoms with Gasteiger partial charge in [0.1, 0.15) is 5.03 Å². The number of hydrogen-bond donors (Lipinski definition) is 2. The number of rotatable bonds is 4. The Morgan fingerprint density at radius 1 is 1.03 bits per heavy atom. The van der Waals surface area contributed by atoms with Gasteiger partial charge in [-0.05, 0) is 55.0 Å². The molecule has 4 nitrogen and oxygen atoms in total. The maximum atomic E-state index is 12.3. The predicted molar refractivity (Wildman–Crippen MR) is 130 cm³/mol. The Kier molecular flexibility index (Phi) is 7.85. The molecule has 0 radical (unpaired) electrons.